The molecule has 0 radical (unpaired) electrons. The Labute approximate surface area is 188 Å². The van der Waals surface area contributed by atoms with Gasteiger partial charge in [0.2, 0.25) is 0 Å². The van der Waals surface area contributed by atoms with E-state index in [-0.39, 0.29) is 5.60 Å². The predicted molar refractivity (Wildman–Crippen MR) is 130 cm³/mol. The van der Waals surface area contributed by atoms with E-state index in [4.69, 9.17) is 10.8 Å². The molecule has 2 nitrogen and oxygen atoms in total. The Morgan fingerprint density at radius 3 is 2.23 bits per heavy atom. The first-order chi connectivity index (χ1) is 14.6. The van der Waals surface area contributed by atoms with Gasteiger partial charge in [0.05, 0.1) is 8.48 Å². The molecule has 1 aliphatic rings. The first kappa shape index (κ1) is 23.5. The molecule has 3 atom stereocenters. The van der Waals surface area contributed by atoms with Crippen molar-refractivity contribution in [1.82, 2.24) is 0 Å². The van der Waals surface area contributed by atoms with E-state index in [1.807, 2.05) is 6.07 Å². The van der Waals surface area contributed by atoms with E-state index >= 15 is 0 Å². The Bertz CT molecular complexity index is 684. The van der Waals surface area contributed by atoms with Gasteiger partial charge in [0.25, 0.3) is 0 Å². The number of hydrogen-bond acceptors (Lipinski definition) is 2. The van der Waals surface area contributed by atoms with Crippen molar-refractivity contribution in [3.8, 4) is 11.5 Å². The van der Waals surface area contributed by atoms with Gasteiger partial charge in [-0.25, -0.2) is 0 Å². The Morgan fingerprint density at radius 1 is 1.03 bits per heavy atom. The summed E-state index contributed by atoms with van der Waals surface area (Å²) in [5, 5.41) is 0. The molecular weight excluding hydrogens is 368 g/mol. The number of ether oxygens (including phenoxy) is 2. The maximum atomic E-state index is 8.39. The zero-order chi connectivity index (χ0) is 23.0. The van der Waals surface area contributed by atoms with Crippen molar-refractivity contribution in [2.24, 2.45) is 17.8 Å². The highest BCUT2D eigenvalue weighted by molar-refractivity contribution is 5.48. The van der Waals surface area contributed by atoms with Crippen LogP contribution in [-0.2, 0) is 6.42 Å². The molecule has 0 aliphatic carbocycles. The molecular formula is C28H48O2. The van der Waals surface area contributed by atoms with Gasteiger partial charge in [0.15, 0.2) is 0 Å². The van der Waals surface area contributed by atoms with Gasteiger partial charge in [0, 0.05) is 0 Å². The number of hydrogen-bond donors (Lipinski definition) is 0. The molecule has 0 N–H and O–H groups in total. The molecule has 172 valence electrons. The van der Waals surface area contributed by atoms with Crippen molar-refractivity contribution >= 4 is 0 Å². The van der Waals surface area contributed by atoms with E-state index < -0.39 is 0 Å². The molecule has 1 heterocycles. The van der Waals surface area contributed by atoms with Gasteiger partial charge in [-0.05, 0) is 80.5 Å². The van der Waals surface area contributed by atoms with E-state index in [0.717, 1.165) is 53.9 Å². The SMILES string of the molecule is [2H]c1c(OC)cc(C)c2c1CC[C@@](C)(CCC[C@H](C)CCC[C@H](C)CCCC(C)C)O2. The van der Waals surface area contributed by atoms with Crippen LogP contribution in [0.1, 0.15) is 111 Å². The second-order valence-corrected chi connectivity index (χ2v) is 10.7. The van der Waals surface area contributed by atoms with Gasteiger partial charge in [0.1, 0.15) is 17.1 Å². The normalized spacial score (nSPS) is 21.0. The average molecular weight is 418 g/mol. The molecule has 2 rings (SSSR count). The van der Waals surface area contributed by atoms with E-state index in [2.05, 4.69) is 41.5 Å². The minimum absolute atomic E-state index is 0.108. The van der Waals surface area contributed by atoms with Crippen molar-refractivity contribution in [2.45, 2.75) is 118 Å². The smallest absolute Gasteiger partial charge is 0.126 e. The maximum Gasteiger partial charge on any atom is 0.126 e. The van der Waals surface area contributed by atoms with E-state index in [1.54, 1.807) is 7.11 Å². The van der Waals surface area contributed by atoms with Crippen LogP contribution in [0, 0.1) is 24.7 Å². The number of rotatable bonds is 13. The zero-order valence-electron chi connectivity index (χ0n) is 21.9. The Balaban J connectivity index is 1.72. The van der Waals surface area contributed by atoms with Crippen molar-refractivity contribution in [1.29, 1.82) is 0 Å². The molecule has 0 saturated carbocycles. The van der Waals surface area contributed by atoms with Gasteiger partial charge in [-0.2, -0.15) is 0 Å². The topological polar surface area (TPSA) is 18.5 Å². The van der Waals surface area contributed by atoms with Crippen LogP contribution in [0.3, 0.4) is 0 Å². The van der Waals surface area contributed by atoms with Crippen LogP contribution in [0.15, 0.2) is 12.1 Å². The highest BCUT2D eigenvalue weighted by Crippen LogP contribution is 2.40. The van der Waals surface area contributed by atoms with E-state index in [0.29, 0.717) is 11.8 Å². The van der Waals surface area contributed by atoms with Crippen molar-refractivity contribution < 1.29 is 10.8 Å². The third-order valence-electron chi connectivity index (χ3n) is 7.00. The average Bonchev–Trinajstić information content (AvgIpc) is 2.70. The van der Waals surface area contributed by atoms with Crippen LogP contribution in [0.5, 0.6) is 11.5 Å². The fourth-order valence-corrected chi connectivity index (χ4v) is 4.84. The van der Waals surface area contributed by atoms with Crippen LogP contribution in [0.25, 0.3) is 0 Å². The summed E-state index contributed by atoms with van der Waals surface area (Å²) in [7, 11) is 1.64. The lowest BCUT2D eigenvalue weighted by Crippen LogP contribution is -2.36. The second-order valence-electron chi connectivity index (χ2n) is 10.7. The lowest BCUT2D eigenvalue weighted by molar-refractivity contribution is 0.0515. The molecule has 0 aromatic heterocycles. The van der Waals surface area contributed by atoms with Crippen LogP contribution in [0.4, 0.5) is 0 Å². The molecule has 0 amide bonds. The monoisotopic (exact) mass is 417 g/mol. The van der Waals surface area contributed by atoms with Crippen molar-refractivity contribution in [3.63, 3.8) is 0 Å². The van der Waals surface area contributed by atoms with Gasteiger partial charge in [-0.15, -0.1) is 0 Å². The lowest BCUT2D eigenvalue weighted by Gasteiger charge is -2.37. The highest BCUT2D eigenvalue weighted by Gasteiger charge is 2.32. The molecule has 30 heavy (non-hydrogen) atoms. The van der Waals surface area contributed by atoms with Gasteiger partial charge in [-0.3, -0.25) is 0 Å². The number of methoxy groups -OCH3 is 1. The number of benzene rings is 1. The van der Waals surface area contributed by atoms with Gasteiger partial charge >= 0.3 is 0 Å². The highest BCUT2D eigenvalue weighted by atomic mass is 16.5. The van der Waals surface area contributed by atoms with Crippen molar-refractivity contribution in [2.75, 3.05) is 7.11 Å². The molecule has 0 unspecified atom stereocenters. The molecule has 0 bridgehead atoms. The Morgan fingerprint density at radius 2 is 1.63 bits per heavy atom. The summed E-state index contributed by atoms with van der Waals surface area (Å²) >= 11 is 0. The minimum Gasteiger partial charge on any atom is -0.497 e. The molecule has 0 fully saturated rings. The van der Waals surface area contributed by atoms with E-state index in [1.165, 1.54) is 51.4 Å². The third-order valence-corrected chi connectivity index (χ3v) is 7.00. The van der Waals surface area contributed by atoms with Crippen LogP contribution < -0.4 is 9.47 Å². The fraction of sp³-hybridized carbons (Fsp3) is 0.786. The molecule has 0 saturated heterocycles. The predicted octanol–water partition coefficient (Wildman–Crippen LogP) is 8.53. The summed E-state index contributed by atoms with van der Waals surface area (Å²) in [6.45, 7) is 13.8. The first-order valence-corrected chi connectivity index (χ1v) is 12.5. The lowest BCUT2D eigenvalue weighted by atomic mass is 9.85. The molecule has 0 spiro atoms. The summed E-state index contributed by atoms with van der Waals surface area (Å²) in [6, 6.07) is 2.44. The fourth-order valence-electron chi connectivity index (χ4n) is 4.84. The van der Waals surface area contributed by atoms with Crippen LogP contribution >= 0.6 is 0 Å². The van der Waals surface area contributed by atoms with Crippen LogP contribution in [-0.4, -0.2) is 12.7 Å². The minimum atomic E-state index is -0.108. The van der Waals surface area contributed by atoms with Gasteiger partial charge in [-0.1, -0.05) is 72.6 Å². The maximum absolute atomic E-state index is 8.39. The summed E-state index contributed by atoms with van der Waals surface area (Å²) in [4.78, 5) is 0. The second kappa shape index (κ2) is 12.0. The third kappa shape index (κ3) is 8.16. The summed E-state index contributed by atoms with van der Waals surface area (Å²) in [6.07, 6.45) is 13.8. The summed E-state index contributed by atoms with van der Waals surface area (Å²) in [5.41, 5.74) is 2.00. The zero-order valence-corrected chi connectivity index (χ0v) is 20.9. The number of fused-ring (bicyclic) bond motifs is 1. The van der Waals surface area contributed by atoms with Crippen LogP contribution in [0.2, 0.25) is 0 Å². The summed E-state index contributed by atoms with van der Waals surface area (Å²) < 4.78 is 20.3. The first-order valence-electron chi connectivity index (χ1n) is 13.0. The van der Waals surface area contributed by atoms with Gasteiger partial charge < -0.3 is 9.47 Å². The number of aryl methyl sites for hydroxylation is 1. The quantitative estimate of drug-likeness (QED) is 0.320. The molecule has 1 aromatic rings. The Hall–Kier alpha value is -1.18. The van der Waals surface area contributed by atoms with Crippen molar-refractivity contribution in [3.05, 3.63) is 23.2 Å². The molecule has 2 heteroatoms. The summed E-state index contributed by atoms with van der Waals surface area (Å²) in [5.74, 6) is 4.11. The Kier molecular flexibility index (Phi) is 9.40. The molecule has 1 aromatic carbocycles. The largest absolute Gasteiger partial charge is 0.497 e. The molecule has 1 aliphatic heterocycles. The standard InChI is InChI=1S/C28H48O2/c1-21(2)11-8-12-22(3)13-9-14-23(4)15-10-17-28(6)18-16-25-20-26(29-7)19-24(5)27(25)30-28/h19-23H,8-18H2,1-7H3/t22-,23-,28-/m1/s1/i20D. The van der Waals surface area contributed by atoms with E-state index in [9.17, 15) is 0 Å².